The largest absolute Gasteiger partial charge is 0.417 e. The van der Waals surface area contributed by atoms with Gasteiger partial charge in [-0.3, -0.25) is 9.69 Å². The number of anilines is 1. The van der Waals surface area contributed by atoms with E-state index in [0.29, 0.717) is 12.8 Å². The Balaban J connectivity index is 0.00000129. The fourth-order valence-electron chi connectivity index (χ4n) is 4.34. The number of alkyl halides is 5. The topological polar surface area (TPSA) is 76.8 Å². The number of nitrogens with zero attached hydrogens (tertiary/aromatic N) is 3. The van der Waals surface area contributed by atoms with E-state index in [9.17, 15) is 18.0 Å². The van der Waals surface area contributed by atoms with Gasteiger partial charge in [0.2, 0.25) is 0 Å². The molecule has 1 aliphatic heterocycles. The van der Waals surface area contributed by atoms with E-state index in [1.54, 1.807) is 19.9 Å². The molecule has 0 radical (unpaired) electrons. The molecule has 0 unspecified atom stereocenters. The van der Waals surface area contributed by atoms with Gasteiger partial charge in [0.05, 0.1) is 47.5 Å². The van der Waals surface area contributed by atoms with Gasteiger partial charge >= 0.3 is 6.18 Å². The number of thiocarbonyl (C=S) groups is 1. The first kappa shape index (κ1) is 28.6. The third kappa shape index (κ3) is 6.13. The van der Waals surface area contributed by atoms with Crippen molar-refractivity contribution in [1.82, 2.24) is 4.90 Å². The van der Waals surface area contributed by atoms with Crippen LogP contribution in [0.1, 0.15) is 50.7 Å². The molecule has 1 saturated carbocycles. The molecule has 3 rings (SSSR count). The standard InChI is InChI=1S/C21H24F3N3O3S.CH2Cl2/c1-20(2)18(29)26(15-4-3-13(12-25)17(11-15)21(22,23)24)19(31)27(20)14-5-7-16(8-6-14)30-10-9-28;2-1-3/h3-4,11,14,16,28H,5-10H2,1-2H3;1H2. The molecular weight excluding hydrogens is 514 g/mol. The van der Waals surface area contributed by atoms with Crippen LogP contribution in [-0.4, -0.2) is 57.3 Å². The van der Waals surface area contributed by atoms with Crippen molar-refractivity contribution in [2.75, 3.05) is 23.5 Å². The van der Waals surface area contributed by atoms with E-state index in [-0.39, 0.29) is 41.5 Å². The average Bonchev–Trinajstić information content (AvgIpc) is 2.96. The molecule has 1 amide bonds. The molecule has 1 aromatic rings. The molecule has 12 heteroatoms. The normalized spacial score (nSPS) is 22.3. The minimum absolute atomic E-state index is 0.00290. The zero-order valence-corrected chi connectivity index (χ0v) is 21.1. The summed E-state index contributed by atoms with van der Waals surface area (Å²) in [7, 11) is 0. The number of nitriles is 1. The third-order valence-corrected chi connectivity index (χ3v) is 6.25. The van der Waals surface area contributed by atoms with Crippen LogP contribution in [0, 0.1) is 11.3 Å². The molecule has 6 nitrogen and oxygen atoms in total. The summed E-state index contributed by atoms with van der Waals surface area (Å²) < 4.78 is 45.8. The van der Waals surface area contributed by atoms with Gasteiger partial charge in [-0.05, 0) is 69.9 Å². The summed E-state index contributed by atoms with van der Waals surface area (Å²) >= 11 is 15.1. The highest BCUT2D eigenvalue weighted by molar-refractivity contribution is 7.80. The third-order valence-electron chi connectivity index (χ3n) is 5.87. The number of ether oxygens (including phenoxy) is 1. The number of hydrogen-bond donors (Lipinski definition) is 1. The fourth-order valence-corrected chi connectivity index (χ4v) is 4.91. The van der Waals surface area contributed by atoms with Crippen LogP contribution < -0.4 is 4.90 Å². The monoisotopic (exact) mass is 539 g/mol. The lowest BCUT2D eigenvalue weighted by Gasteiger charge is -2.40. The van der Waals surface area contributed by atoms with E-state index in [2.05, 4.69) is 0 Å². The quantitative estimate of drug-likeness (QED) is 0.417. The van der Waals surface area contributed by atoms with Crippen molar-refractivity contribution in [3.63, 3.8) is 0 Å². The van der Waals surface area contributed by atoms with Crippen LogP contribution in [0.5, 0.6) is 0 Å². The van der Waals surface area contributed by atoms with Gasteiger partial charge in [-0.15, -0.1) is 23.2 Å². The van der Waals surface area contributed by atoms with Gasteiger partial charge in [-0.25, -0.2) is 0 Å². The highest BCUT2D eigenvalue weighted by Gasteiger charge is 2.52. The smallest absolute Gasteiger partial charge is 0.394 e. The Hall–Kier alpha value is -1.64. The summed E-state index contributed by atoms with van der Waals surface area (Å²) in [6.45, 7) is 3.65. The van der Waals surface area contributed by atoms with Crippen LogP contribution in [0.25, 0.3) is 0 Å². The van der Waals surface area contributed by atoms with Crippen LogP contribution in [0.2, 0.25) is 0 Å². The molecule has 0 bridgehead atoms. The molecule has 1 heterocycles. The van der Waals surface area contributed by atoms with Crippen molar-refractivity contribution < 1.29 is 27.8 Å². The number of carbonyl (C=O) groups excluding carboxylic acids is 1. The Morgan fingerprint density at radius 1 is 1.26 bits per heavy atom. The number of aliphatic hydroxyl groups excluding tert-OH is 1. The molecule has 2 fully saturated rings. The predicted octanol–water partition coefficient (Wildman–Crippen LogP) is 5.03. The second-order valence-corrected chi connectivity index (χ2v) is 9.49. The maximum absolute atomic E-state index is 13.4. The van der Waals surface area contributed by atoms with Crippen molar-refractivity contribution in [2.45, 2.75) is 63.4 Å². The number of halogens is 5. The first-order valence-electron chi connectivity index (χ1n) is 10.6. The zero-order chi connectivity index (χ0) is 25.7. The van der Waals surface area contributed by atoms with E-state index in [4.69, 9.17) is 50.5 Å². The summed E-state index contributed by atoms with van der Waals surface area (Å²) in [5.41, 5.74) is -2.63. The molecule has 1 saturated heterocycles. The summed E-state index contributed by atoms with van der Waals surface area (Å²) in [4.78, 5) is 16.2. The van der Waals surface area contributed by atoms with Gasteiger partial charge in [0.1, 0.15) is 5.54 Å². The van der Waals surface area contributed by atoms with E-state index in [0.717, 1.165) is 29.9 Å². The minimum atomic E-state index is -4.73. The van der Waals surface area contributed by atoms with Gasteiger partial charge in [-0.2, -0.15) is 18.4 Å². The lowest BCUT2D eigenvalue weighted by atomic mass is 9.89. The van der Waals surface area contributed by atoms with Crippen LogP contribution >= 0.6 is 35.4 Å². The highest BCUT2D eigenvalue weighted by Crippen LogP contribution is 2.40. The number of rotatable bonds is 5. The van der Waals surface area contributed by atoms with Crippen molar-refractivity contribution >= 4 is 52.1 Å². The molecule has 1 aliphatic carbocycles. The Kier molecular flexibility index (Phi) is 9.98. The van der Waals surface area contributed by atoms with Gasteiger partial charge in [0, 0.05) is 6.04 Å². The first-order chi connectivity index (χ1) is 15.9. The van der Waals surface area contributed by atoms with Gasteiger partial charge in [0.25, 0.3) is 5.91 Å². The highest BCUT2D eigenvalue weighted by atomic mass is 35.5. The van der Waals surface area contributed by atoms with Crippen LogP contribution in [0.4, 0.5) is 18.9 Å². The Bertz CT molecular complexity index is 932. The van der Waals surface area contributed by atoms with Crippen molar-refractivity contribution in [1.29, 1.82) is 5.26 Å². The summed E-state index contributed by atoms with van der Waals surface area (Å²) in [6.07, 6.45) is -1.80. The maximum Gasteiger partial charge on any atom is 0.417 e. The molecule has 0 spiro atoms. The Morgan fingerprint density at radius 2 is 1.85 bits per heavy atom. The van der Waals surface area contributed by atoms with Gasteiger partial charge < -0.3 is 14.7 Å². The average molecular weight is 540 g/mol. The second kappa shape index (κ2) is 11.9. The van der Waals surface area contributed by atoms with Crippen LogP contribution in [0.15, 0.2) is 18.2 Å². The summed E-state index contributed by atoms with van der Waals surface area (Å²) in [5, 5.41) is 18.3. The molecule has 2 aliphatic rings. The Morgan fingerprint density at radius 3 is 2.35 bits per heavy atom. The summed E-state index contributed by atoms with van der Waals surface area (Å²) in [6, 6.07) is 4.68. The molecule has 0 aromatic heterocycles. The molecule has 1 N–H and O–H groups in total. The predicted molar refractivity (Wildman–Crippen MR) is 128 cm³/mol. The van der Waals surface area contributed by atoms with Crippen molar-refractivity contribution in [2.24, 2.45) is 0 Å². The molecular formula is C22H26Cl2F3N3O3S. The second-order valence-electron chi connectivity index (χ2n) is 8.32. The van der Waals surface area contributed by atoms with E-state index in [1.807, 2.05) is 4.90 Å². The first-order valence-corrected chi connectivity index (χ1v) is 12.0. The molecule has 0 atom stereocenters. The number of amides is 1. The number of hydrogen-bond acceptors (Lipinski definition) is 5. The van der Waals surface area contributed by atoms with Gasteiger partial charge in [-0.1, -0.05) is 0 Å². The number of benzene rings is 1. The summed E-state index contributed by atoms with van der Waals surface area (Å²) in [5.74, 6) is -0.408. The Labute approximate surface area is 212 Å². The molecule has 34 heavy (non-hydrogen) atoms. The maximum atomic E-state index is 13.4. The SMILES string of the molecule is CC1(C)C(=O)N(c2ccc(C#N)c(C(F)(F)F)c2)C(=S)N1C1CCC(OCCO)CC1.ClCCl. The lowest BCUT2D eigenvalue weighted by molar-refractivity contribution is -0.137. The van der Waals surface area contributed by atoms with Crippen molar-refractivity contribution in [3.05, 3.63) is 29.3 Å². The molecule has 1 aromatic carbocycles. The van der Waals surface area contributed by atoms with Crippen LogP contribution in [-0.2, 0) is 15.7 Å². The van der Waals surface area contributed by atoms with E-state index in [1.165, 1.54) is 6.07 Å². The number of aliphatic hydroxyl groups is 1. The minimum Gasteiger partial charge on any atom is -0.394 e. The fraction of sp³-hybridized carbons (Fsp3) is 0.591. The van der Waals surface area contributed by atoms with E-state index < -0.39 is 28.7 Å². The van der Waals surface area contributed by atoms with Crippen molar-refractivity contribution in [3.8, 4) is 6.07 Å². The van der Waals surface area contributed by atoms with Gasteiger partial charge in [0.15, 0.2) is 5.11 Å². The van der Waals surface area contributed by atoms with Crippen LogP contribution in [0.3, 0.4) is 0 Å². The lowest BCUT2D eigenvalue weighted by Crippen LogP contribution is -2.51. The zero-order valence-electron chi connectivity index (χ0n) is 18.7. The van der Waals surface area contributed by atoms with E-state index >= 15 is 0 Å². The molecule has 188 valence electrons. The number of carbonyl (C=O) groups is 1.